The first-order chi connectivity index (χ1) is 19.1. The highest BCUT2D eigenvalue weighted by Crippen LogP contribution is 2.24. The number of halogens is 1. The number of benzene rings is 4. The first-order valence-corrected chi connectivity index (χ1v) is 14.5. The summed E-state index contributed by atoms with van der Waals surface area (Å²) in [7, 11) is -3.61. The first kappa shape index (κ1) is 28.5. The first-order valence-electron chi connectivity index (χ1n) is 12.2. The third-order valence-electron chi connectivity index (χ3n) is 6.01. The van der Waals surface area contributed by atoms with Gasteiger partial charge in [-0.1, -0.05) is 60.1 Å². The van der Waals surface area contributed by atoms with Crippen LogP contribution in [-0.4, -0.2) is 32.2 Å². The quantitative estimate of drug-likeness (QED) is 0.197. The van der Waals surface area contributed by atoms with Gasteiger partial charge in [-0.05, 0) is 72.6 Å². The van der Waals surface area contributed by atoms with Gasteiger partial charge in [0.1, 0.15) is 0 Å². The lowest BCUT2D eigenvalue weighted by atomic mass is 10.1. The summed E-state index contributed by atoms with van der Waals surface area (Å²) in [5.74, 6) is -0.657. The highest BCUT2D eigenvalue weighted by atomic mass is 35.5. The molecule has 4 aromatic rings. The lowest BCUT2D eigenvalue weighted by molar-refractivity contribution is 0.0954. The molecule has 0 radical (unpaired) electrons. The number of nitrogens with one attached hydrogen (secondary N) is 2. The maximum absolute atomic E-state index is 12.7. The smallest absolute Gasteiger partial charge is 0.271 e. The second-order valence-corrected chi connectivity index (χ2v) is 11.3. The molecule has 0 aliphatic heterocycles. The fourth-order valence-electron chi connectivity index (χ4n) is 3.81. The van der Waals surface area contributed by atoms with Crippen molar-refractivity contribution in [3.63, 3.8) is 0 Å². The number of rotatable bonds is 9. The molecule has 4 rings (SSSR count). The zero-order chi connectivity index (χ0) is 28.7. The summed E-state index contributed by atoms with van der Waals surface area (Å²) < 4.78 is 26.2. The summed E-state index contributed by atoms with van der Waals surface area (Å²) in [6, 6.07) is 29.2. The van der Waals surface area contributed by atoms with Crippen molar-refractivity contribution in [3.05, 3.63) is 130 Å². The maximum Gasteiger partial charge on any atom is 0.271 e. The fourth-order valence-corrected chi connectivity index (χ4v) is 4.89. The summed E-state index contributed by atoms with van der Waals surface area (Å²) >= 11 is 6.22. The monoisotopic (exact) mass is 574 g/mol. The van der Waals surface area contributed by atoms with E-state index in [9.17, 15) is 18.0 Å². The third-order valence-corrected chi connectivity index (χ3v) is 7.52. The number of carbonyl (C=O) groups is 2. The molecule has 0 aliphatic rings. The Morgan fingerprint density at radius 1 is 0.775 bits per heavy atom. The number of hydrogen-bond acceptors (Lipinski definition) is 5. The molecule has 0 saturated heterocycles. The molecule has 0 unspecified atom stereocenters. The Morgan fingerprint density at radius 3 is 1.98 bits per heavy atom. The lowest BCUT2D eigenvalue weighted by Gasteiger charge is -2.23. The predicted octanol–water partition coefficient (Wildman–Crippen LogP) is 5.71. The van der Waals surface area contributed by atoms with E-state index in [1.807, 2.05) is 6.07 Å². The molecular weight excluding hydrogens is 548 g/mol. The molecule has 0 fully saturated rings. The van der Waals surface area contributed by atoms with Crippen LogP contribution in [0.3, 0.4) is 0 Å². The number of carbonyl (C=O) groups excluding carboxylic acids is 2. The molecule has 2 amide bonds. The minimum Gasteiger partial charge on any atom is -0.322 e. The maximum atomic E-state index is 12.7. The van der Waals surface area contributed by atoms with Gasteiger partial charge in [0.2, 0.25) is 10.0 Å². The molecule has 0 aromatic heterocycles. The second kappa shape index (κ2) is 12.6. The van der Waals surface area contributed by atoms with Gasteiger partial charge in [0.05, 0.1) is 24.2 Å². The van der Waals surface area contributed by atoms with E-state index in [-0.39, 0.29) is 12.5 Å². The van der Waals surface area contributed by atoms with Crippen molar-refractivity contribution in [2.45, 2.75) is 13.5 Å². The average Bonchev–Trinajstić information content (AvgIpc) is 2.95. The van der Waals surface area contributed by atoms with Crippen LogP contribution in [-0.2, 0) is 16.6 Å². The molecule has 2 N–H and O–H groups in total. The van der Waals surface area contributed by atoms with E-state index >= 15 is 0 Å². The van der Waals surface area contributed by atoms with Crippen LogP contribution in [0.1, 0.15) is 38.8 Å². The summed E-state index contributed by atoms with van der Waals surface area (Å²) in [5.41, 5.74) is 6.41. The molecular formula is C30H27ClN4O4S. The third kappa shape index (κ3) is 7.34. The van der Waals surface area contributed by atoms with E-state index in [4.69, 9.17) is 11.6 Å². The van der Waals surface area contributed by atoms with Crippen LogP contribution in [0.25, 0.3) is 0 Å². The minimum absolute atomic E-state index is 0.0578. The largest absolute Gasteiger partial charge is 0.322 e. The summed E-state index contributed by atoms with van der Waals surface area (Å²) in [5, 5.41) is 7.48. The Kier molecular flexibility index (Phi) is 8.98. The van der Waals surface area contributed by atoms with Gasteiger partial charge in [-0.25, -0.2) is 13.8 Å². The van der Waals surface area contributed by atoms with Crippen LogP contribution < -0.4 is 15.0 Å². The van der Waals surface area contributed by atoms with Gasteiger partial charge < -0.3 is 5.32 Å². The topological polar surface area (TPSA) is 108 Å². The lowest BCUT2D eigenvalue weighted by Crippen LogP contribution is -2.29. The number of anilines is 2. The zero-order valence-electron chi connectivity index (χ0n) is 21.8. The molecule has 8 nitrogen and oxygen atoms in total. The number of sulfonamides is 1. The van der Waals surface area contributed by atoms with Crippen LogP contribution in [0.15, 0.2) is 108 Å². The number of nitrogens with zero attached hydrogens (tertiary/aromatic N) is 2. The van der Waals surface area contributed by atoms with Crippen LogP contribution in [0.4, 0.5) is 11.4 Å². The minimum atomic E-state index is -3.61. The van der Waals surface area contributed by atoms with E-state index < -0.39 is 15.9 Å². The number of amides is 2. The van der Waals surface area contributed by atoms with Crippen molar-refractivity contribution in [2.75, 3.05) is 15.9 Å². The van der Waals surface area contributed by atoms with Crippen LogP contribution in [0.2, 0.25) is 5.02 Å². The van der Waals surface area contributed by atoms with Crippen molar-refractivity contribution in [1.29, 1.82) is 0 Å². The molecule has 4 aromatic carbocycles. The average molecular weight is 575 g/mol. The van der Waals surface area contributed by atoms with Gasteiger partial charge in [-0.15, -0.1) is 0 Å². The van der Waals surface area contributed by atoms with Crippen LogP contribution in [0.5, 0.6) is 0 Å². The number of hydrazone groups is 1. The van der Waals surface area contributed by atoms with Gasteiger partial charge in [-0.3, -0.25) is 13.9 Å². The van der Waals surface area contributed by atoms with Crippen molar-refractivity contribution in [1.82, 2.24) is 5.43 Å². The van der Waals surface area contributed by atoms with E-state index in [2.05, 4.69) is 15.8 Å². The molecule has 40 heavy (non-hydrogen) atoms. The van der Waals surface area contributed by atoms with Gasteiger partial charge in [0.25, 0.3) is 11.8 Å². The highest BCUT2D eigenvalue weighted by Gasteiger charge is 2.19. The van der Waals surface area contributed by atoms with Gasteiger partial charge in [0, 0.05) is 21.8 Å². The normalized spacial score (nSPS) is 11.5. The van der Waals surface area contributed by atoms with E-state index in [0.29, 0.717) is 38.8 Å². The SMILES string of the molecule is C/C(=N\NC(=O)c1ccc(N(Cc2ccccc2Cl)S(C)(=O)=O)cc1)c1ccc(NC(=O)c2ccccc2)cc1. The molecule has 0 atom stereocenters. The summed E-state index contributed by atoms with van der Waals surface area (Å²) in [6.45, 7) is 1.81. The van der Waals surface area contributed by atoms with Crippen molar-refractivity contribution in [3.8, 4) is 0 Å². The Balaban J connectivity index is 1.40. The Bertz CT molecular complexity index is 1640. The van der Waals surface area contributed by atoms with Crippen molar-refractivity contribution in [2.24, 2.45) is 5.10 Å². The molecule has 10 heteroatoms. The Morgan fingerprint density at radius 2 is 1.35 bits per heavy atom. The Labute approximate surface area is 238 Å². The van der Waals surface area contributed by atoms with Crippen molar-refractivity contribution < 1.29 is 18.0 Å². The highest BCUT2D eigenvalue weighted by molar-refractivity contribution is 7.92. The van der Waals surface area contributed by atoms with Crippen LogP contribution >= 0.6 is 11.6 Å². The van der Waals surface area contributed by atoms with E-state index in [0.717, 1.165) is 11.8 Å². The second-order valence-electron chi connectivity index (χ2n) is 8.94. The Hall–Kier alpha value is -4.47. The van der Waals surface area contributed by atoms with Gasteiger partial charge in [-0.2, -0.15) is 5.10 Å². The summed E-state index contributed by atoms with van der Waals surface area (Å²) in [4.78, 5) is 25.0. The molecule has 0 heterocycles. The zero-order valence-corrected chi connectivity index (χ0v) is 23.4. The predicted molar refractivity (Wildman–Crippen MR) is 159 cm³/mol. The van der Waals surface area contributed by atoms with Crippen LogP contribution in [0, 0.1) is 0 Å². The molecule has 204 valence electrons. The molecule has 0 aliphatic carbocycles. The number of hydrogen-bond donors (Lipinski definition) is 2. The molecule has 0 bridgehead atoms. The van der Waals surface area contributed by atoms with E-state index in [1.54, 1.807) is 91.9 Å². The molecule has 0 saturated carbocycles. The van der Waals surface area contributed by atoms with Gasteiger partial charge >= 0.3 is 0 Å². The van der Waals surface area contributed by atoms with E-state index in [1.165, 1.54) is 16.4 Å². The summed E-state index contributed by atoms with van der Waals surface area (Å²) in [6.07, 6.45) is 1.12. The van der Waals surface area contributed by atoms with Crippen molar-refractivity contribution >= 4 is 50.5 Å². The fraction of sp³-hybridized carbons (Fsp3) is 0.100. The van der Waals surface area contributed by atoms with Gasteiger partial charge in [0.15, 0.2) is 0 Å². The standard InChI is InChI=1S/C30H27ClN4O4S/c1-21(22-12-16-26(17-13-22)32-29(36)23-8-4-3-5-9-23)33-34-30(37)24-14-18-27(19-15-24)35(40(2,38)39)20-25-10-6-7-11-28(25)31/h3-19H,20H2,1-2H3,(H,32,36)(H,34,37)/b33-21+. The molecule has 0 spiro atoms.